The van der Waals surface area contributed by atoms with Crippen LogP contribution in [-0.2, 0) is 4.79 Å². The number of aromatic carboxylic acids is 1. The van der Waals surface area contributed by atoms with E-state index >= 15 is 0 Å². The molecule has 0 fully saturated rings. The number of hydrogen-bond donors (Lipinski definition) is 4. The van der Waals surface area contributed by atoms with Gasteiger partial charge in [-0.25, -0.2) is 9.59 Å². The molecule has 0 bridgehead atoms. The zero-order chi connectivity index (χ0) is 25.3. The lowest BCUT2D eigenvalue weighted by Gasteiger charge is -2.30. The average Bonchev–Trinajstić information content (AvgIpc) is 2.80. The van der Waals surface area contributed by atoms with Gasteiger partial charge in [0.25, 0.3) is 0 Å². The molecule has 0 aliphatic carbocycles. The predicted octanol–water partition coefficient (Wildman–Crippen LogP) is 1.05. The summed E-state index contributed by atoms with van der Waals surface area (Å²) >= 11 is 0. The highest BCUT2D eigenvalue weighted by Gasteiger charge is 2.46. The summed E-state index contributed by atoms with van der Waals surface area (Å²) < 4.78 is 21.3. The molecule has 0 amide bonds. The van der Waals surface area contributed by atoms with Crippen LogP contribution in [0.2, 0.25) is 0 Å². The van der Waals surface area contributed by atoms with Crippen molar-refractivity contribution in [1.82, 2.24) is 0 Å². The average molecular weight is 486 g/mol. The molecular weight excluding hydrogens is 468 g/mol. The maximum Gasteiger partial charge on any atom is 0.377 e. The van der Waals surface area contributed by atoms with Crippen LogP contribution in [0.5, 0.6) is 17.2 Å². The smallest absolute Gasteiger partial charge is 0.377 e. The Morgan fingerprint density at radius 2 is 1.69 bits per heavy atom. The number of carbonyl (C=O) groups excluding carboxylic acids is 1. The van der Waals surface area contributed by atoms with Crippen LogP contribution >= 0.6 is 0 Å². The number of carboxylic acids is 2. The molecular formula is C23H18O12. The van der Waals surface area contributed by atoms with Gasteiger partial charge in [-0.05, 0) is 24.3 Å². The molecule has 0 radical (unpaired) electrons. The van der Waals surface area contributed by atoms with Crippen LogP contribution in [0.1, 0.15) is 27.3 Å². The Kier molecular flexibility index (Phi) is 6.16. The summed E-state index contributed by atoms with van der Waals surface area (Å²) in [6, 6.07) is 9.27. The summed E-state index contributed by atoms with van der Waals surface area (Å²) in [5.74, 6) is -7.17. The van der Waals surface area contributed by atoms with Crippen LogP contribution < -0.4 is 19.6 Å². The van der Waals surface area contributed by atoms with Crippen LogP contribution in [0.3, 0.4) is 0 Å². The van der Waals surface area contributed by atoms with Crippen molar-refractivity contribution in [2.24, 2.45) is 0 Å². The Hall–Kier alpha value is -4.42. The fraction of sp³-hybridized carbons (Fsp3) is 0.217. The Balaban J connectivity index is 1.45. The topological polar surface area (TPSA) is 190 Å². The maximum absolute atomic E-state index is 12.5. The molecule has 4 rings (SSSR count). The second kappa shape index (κ2) is 9.08. The van der Waals surface area contributed by atoms with Crippen molar-refractivity contribution in [2.75, 3.05) is 13.2 Å². The van der Waals surface area contributed by atoms with Gasteiger partial charge in [0, 0.05) is 6.07 Å². The molecule has 2 unspecified atom stereocenters. The third kappa shape index (κ3) is 4.65. The van der Waals surface area contributed by atoms with E-state index in [1.54, 1.807) is 0 Å². The SMILES string of the molecule is O=C(O)c1cc(=O)c2c(OCC(O)COc3cccc4c3C(=O)CC(O)(C(=O)O)O4)cccc2o1. The molecule has 35 heavy (non-hydrogen) atoms. The van der Waals surface area contributed by atoms with Crippen LogP contribution in [0.25, 0.3) is 11.0 Å². The molecule has 1 aliphatic rings. The summed E-state index contributed by atoms with van der Waals surface area (Å²) in [5, 5.41) is 38.4. The molecule has 182 valence electrons. The van der Waals surface area contributed by atoms with Crippen molar-refractivity contribution in [3.8, 4) is 17.2 Å². The largest absolute Gasteiger partial charge is 0.490 e. The molecule has 2 atom stereocenters. The van der Waals surface area contributed by atoms with Gasteiger partial charge in [0.05, 0.1) is 6.42 Å². The van der Waals surface area contributed by atoms with Crippen molar-refractivity contribution in [2.45, 2.75) is 18.3 Å². The lowest BCUT2D eigenvalue weighted by molar-refractivity contribution is -0.194. The van der Waals surface area contributed by atoms with Crippen LogP contribution in [0, 0.1) is 0 Å². The number of benzene rings is 2. The van der Waals surface area contributed by atoms with Gasteiger partial charge < -0.3 is 39.1 Å². The van der Waals surface area contributed by atoms with Gasteiger partial charge in [0.15, 0.2) is 11.2 Å². The first-order valence-corrected chi connectivity index (χ1v) is 10.1. The minimum Gasteiger partial charge on any atom is -0.490 e. The Morgan fingerprint density at radius 1 is 1.03 bits per heavy atom. The van der Waals surface area contributed by atoms with E-state index in [1.807, 2.05) is 0 Å². The number of Topliss-reactive ketones (excluding diaryl/α,β-unsaturated/α-hetero) is 1. The van der Waals surface area contributed by atoms with Gasteiger partial charge in [-0.1, -0.05) is 12.1 Å². The number of aliphatic carboxylic acids is 1. The van der Waals surface area contributed by atoms with Crippen LogP contribution in [0.4, 0.5) is 0 Å². The van der Waals surface area contributed by atoms with E-state index in [9.17, 15) is 29.4 Å². The number of carboxylic acid groups (broad SMARTS) is 2. The molecule has 1 aliphatic heterocycles. The monoisotopic (exact) mass is 486 g/mol. The van der Waals surface area contributed by atoms with E-state index in [-0.39, 0.29) is 47.0 Å². The lowest BCUT2D eigenvalue weighted by atomic mass is 9.97. The van der Waals surface area contributed by atoms with E-state index in [1.165, 1.54) is 36.4 Å². The van der Waals surface area contributed by atoms with Crippen LogP contribution in [0.15, 0.2) is 51.7 Å². The third-order valence-corrected chi connectivity index (χ3v) is 5.07. The zero-order valence-electron chi connectivity index (χ0n) is 17.8. The molecule has 0 saturated carbocycles. The number of ketones is 1. The van der Waals surface area contributed by atoms with Crippen molar-refractivity contribution in [3.63, 3.8) is 0 Å². The minimum atomic E-state index is -2.69. The first kappa shape index (κ1) is 23.7. The Labute approximate surface area is 195 Å². The van der Waals surface area contributed by atoms with Crippen molar-refractivity contribution in [3.05, 3.63) is 64.0 Å². The highest BCUT2D eigenvalue weighted by molar-refractivity contribution is 6.05. The van der Waals surface area contributed by atoms with E-state index in [0.717, 1.165) is 6.07 Å². The fourth-order valence-corrected chi connectivity index (χ4v) is 3.46. The van der Waals surface area contributed by atoms with E-state index in [0.29, 0.717) is 0 Å². The molecule has 2 heterocycles. The second-order valence-electron chi connectivity index (χ2n) is 7.61. The maximum atomic E-state index is 12.5. The van der Waals surface area contributed by atoms with Crippen molar-refractivity contribution in [1.29, 1.82) is 0 Å². The standard InChI is InChI=1S/C23H18O12/c24-11(9-32-14-3-1-5-16-19(14)12(25)7-18(34-16)21(27)28)10-33-15-4-2-6-17-20(15)13(26)8-23(31,35-17)22(29)30/h1-7,11,24,31H,8-10H2,(H,27,28)(H,29,30). The molecule has 2 aromatic carbocycles. The fourth-order valence-electron chi connectivity index (χ4n) is 3.46. The molecule has 0 spiro atoms. The molecule has 3 aromatic rings. The van der Waals surface area contributed by atoms with E-state index in [4.69, 9.17) is 28.8 Å². The number of fused-ring (bicyclic) bond motifs is 2. The van der Waals surface area contributed by atoms with Crippen LogP contribution in [-0.4, -0.2) is 63.3 Å². The number of carbonyl (C=O) groups is 3. The normalized spacial score (nSPS) is 17.8. The third-order valence-electron chi connectivity index (χ3n) is 5.07. The highest BCUT2D eigenvalue weighted by Crippen LogP contribution is 2.37. The number of rotatable bonds is 8. The minimum absolute atomic E-state index is 0.00332. The summed E-state index contributed by atoms with van der Waals surface area (Å²) in [4.78, 5) is 47.1. The Bertz CT molecular complexity index is 1390. The first-order chi connectivity index (χ1) is 16.6. The molecule has 12 nitrogen and oxygen atoms in total. The summed E-state index contributed by atoms with van der Waals surface area (Å²) in [6.45, 7) is -0.688. The van der Waals surface area contributed by atoms with Gasteiger partial charge in [-0.2, -0.15) is 0 Å². The van der Waals surface area contributed by atoms with Gasteiger partial charge in [0.1, 0.15) is 53.1 Å². The van der Waals surface area contributed by atoms with Gasteiger partial charge in [-0.3, -0.25) is 9.59 Å². The molecule has 1 aromatic heterocycles. The van der Waals surface area contributed by atoms with E-state index < -0.39 is 47.2 Å². The molecule has 12 heteroatoms. The number of ether oxygens (including phenoxy) is 3. The number of aliphatic hydroxyl groups is 2. The summed E-state index contributed by atoms with van der Waals surface area (Å²) in [7, 11) is 0. The predicted molar refractivity (Wildman–Crippen MR) is 115 cm³/mol. The second-order valence-corrected chi connectivity index (χ2v) is 7.61. The summed E-state index contributed by atoms with van der Waals surface area (Å²) in [6.07, 6.45) is -2.06. The number of aliphatic hydroxyl groups excluding tert-OH is 1. The van der Waals surface area contributed by atoms with Crippen molar-refractivity contribution < 1.29 is 53.4 Å². The van der Waals surface area contributed by atoms with Gasteiger partial charge in [0.2, 0.25) is 5.76 Å². The Morgan fingerprint density at radius 3 is 2.37 bits per heavy atom. The molecule has 0 saturated heterocycles. The first-order valence-electron chi connectivity index (χ1n) is 10.1. The highest BCUT2D eigenvalue weighted by atomic mass is 16.6. The summed E-state index contributed by atoms with van der Waals surface area (Å²) in [5.41, 5.74) is -0.720. The zero-order valence-corrected chi connectivity index (χ0v) is 17.8. The van der Waals surface area contributed by atoms with Gasteiger partial charge >= 0.3 is 17.7 Å². The van der Waals surface area contributed by atoms with E-state index in [2.05, 4.69) is 0 Å². The molecule has 4 N–H and O–H groups in total. The number of hydrogen-bond acceptors (Lipinski definition) is 10. The van der Waals surface area contributed by atoms with Crippen molar-refractivity contribution >= 4 is 28.7 Å². The quantitative estimate of drug-likeness (QED) is 0.354. The van der Waals surface area contributed by atoms with Gasteiger partial charge in [-0.15, -0.1) is 0 Å². The lowest BCUT2D eigenvalue weighted by Crippen LogP contribution is -2.49.